The van der Waals surface area contributed by atoms with Gasteiger partial charge in [-0.2, -0.15) is 0 Å². The molecule has 1 aliphatic rings. The number of hydrogen-bond acceptors (Lipinski definition) is 5. The Morgan fingerprint density at radius 3 is 2.89 bits per heavy atom. The minimum absolute atomic E-state index is 0.183. The summed E-state index contributed by atoms with van der Waals surface area (Å²) in [7, 11) is 0. The van der Waals surface area contributed by atoms with Crippen molar-refractivity contribution in [2.45, 2.75) is 58.4 Å². The van der Waals surface area contributed by atoms with E-state index in [0.717, 1.165) is 34.5 Å². The lowest BCUT2D eigenvalue weighted by Gasteiger charge is -2.34. The lowest BCUT2D eigenvalue weighted by atomic mass is 9.78. The number of hydrogen-bond donors (Lipinski definition) is 1. The minimum atomic E-state index is -0.323. The highest BCUT2D eigenvalue weighted by molar-refractivity contribution is 7.18. The van der Waals surface area contributed by atoms with Crippen molar-refractivity contribution in [3.05, 3.63) is 29.3 Å². The first-order valence-corrected chi connectivity index (χ1v) is 10.6. The van der Waals surface area contributed by atoms with Gasteiger partial charge in [-0.15, -0.1) is 11.3 Å². The van der Waals surface area contributed by atoms with Gasteiger partial charge < -0.3 is 10.1 Å². The van der Waals surface area contributed by atoms with Gasteiger partial charge in [0.15, 0.2) is 6.61 Å². The van der Waals surface area contributed by atoms with Crippen LogP contribution in [0.5, 0.6) is 0 Å². The van der Waals surface area contributed by atoms with E-state index in [-0.39, 0.29) is 24.5 Å². The Kier molecular flexibility index (Phi) is 6.83. The quantitative estimate of drug-likeness (QED) is 0.725. The van der Waals surface area contributed by atoms with Crippen LogP contribution in [0.1, 0.15) is 51.0 Å². The summed E-state index contributed by atoms with van der Waals surface area (Å²) in [4.78, 5) is 28.5. The van der Waals surface area contributed by atoms with Crippen LogP contribution in [-0.2, 0) is 20.7 Å². The molecular formula is C21H28N2O3S. The topological polar surface area (TPSA) is 68.3 Å². The molecule has 1 fully saturated rings. The van der Waals surface area contributed by atoms with Crippen molar-refractivity contribution in [3.8, 4) is 0 Å². The Morgan fingerprint density at radius 2 is 2.07 bits per heavy atom. The average molecular weight is 389 g/mol. The number of benzene rings is 1. The van der Waals surface area contributed by atoms with Crippen molar-refractivity contribution in [2.75, 3.05) is 6.61 Å². The summed E-state index contributed by atoms with van der Waals surface area (Å²) in [5.41, 5.74) is 1.00. The summed E-state index contributed by atoms with van der Waals surface area (Å²) >= 11 is 1.66. The minimum Gasteiger partial charge on any atom is -0.456 e. The van der Waals surface area contributed by atoms with Gasteiger partial charge in [0.25, 0.3) is 5.91 Å². The van der Waals surface area contributed by atoms with E-state index in [2.05, 4.69) is 30.2 Å². The number of amides is 1. The fourth-order valence-electron chi connectivity index (χ4n) is 3.66. The lowest BCUT2D eigenvalue weighted by molar-refractivity contribution is -0.149. The van der Waals surface area contributed by atoms with Crippen LogP contribution in [-0.4, -0.2) is 29.5 Å². The first-order chi connectivity index (χ1) is 13.0. The van der Waals surface area contributed by atoms with Gasteiger partial charge in [-0.05, 0) is 43.2 Å². The van der Waals surface area contributed by atoms with Gasteiger partial charge in [0.05, 0.1) is 15.2 Å². The van der Waals surface area contributed by atoms with Crippen LogP contribution in [0.3, 0.4) is 0 Å². The molecule has 1 heterocycles. The fourth-order valence-corrected chi connectivity index (χ4v) is 4.67. The summed E-state index contributed by atoms with van der Waals surface area (Å²) in [5.74, 6) is 0.568. The molecule has 0 spiro atoms. The second-order valence-corrected chi connectivity index (χ2v) is 8.65. The predicted octanol–water partition coefficient (Wildman–Crippen LogP) is 4.10. The Morgan fingerprint density at radius 1 is 1.26 bits per heavy atom. The normalized spacial score (nSPS) is 22.5. The number of aryl methyl sites for hydroxylation is 1. The zero-order valence-electron chi connectivity index (χ0n) is 16.1. The average Bonchev–Trinajstić information content (AvgIpc) is 3.06. The molecule has 0 unspecified atom stereocenters. The summed E-state index contributed by atoms with van der Waals surface area (Å²) in [6, 6.07) is 8.22. The van der Waals surface area contributed by atoms with Crippen molar-refractivity contribution < 1.29 is 14.3 Å². The number of nitrogens with one attached hydrogen (secondary N) is 1. The molecule has 0 radical (unpaired) electrons. The first kappa shape index (κ1) is 19.8. The molecule has 27 heavy (non-hydrogen) atoms. The lowest BCUT2D eigenvalue weighted by Crippen LogP contribution is -2.45. The number of carbonyl (C=O) groups excluding carboxylic acids is 2. The molecule has 1 aliphatic carbocycles. The van der Waals surface area contributed by atoms with E-state index in [9.17, 15) is 9.59 Å². The van der Waals surface area contributed by atoms with Crippen LogP contribution in [0.2, 0.25) is 0 Å². The van der Waals surface area contributed by atoms with E-state index in [4.69, 9.17) is 4.74 Å². The highest BCUT2D eigenvalue weighted by Gasteiger charge is 2.28. The number of aromatic nitrogens is 1. The second-order valence-electron chi connectivity index (χ2n) is 7.53. The van der Waals surface area contributed by atoms with Gasteiger partial charge in [-0.3, -0.25) is 9.59 Å². The second kappa shape index (κ2) is 9.31. The molecule has 0 saturated heterocycles. The van der Waals surface area contributed by atoms with Crippen LogP contribution in [0.4, 0.5) is 0 Å². The molecule has 0 aliphatic heterocycles. The number of fused-ring (bicyclic) bond motifs is 1. The molecule has 1 saturated carbocycles. The molecule has 1 aromatic carbocycles. The number of esters is 1. The van der Waals surface area contributed by atoms with E-state index in [1.807, 2.05) is 18.2 Å². The highest BCUT2D eigenvalue weighted by Crippen LogP contribution is 2.29. The van der Waals surface area contributed by atoms with Crippen LogP contribution in [0, 0.1) is 11.8 Å². The van der Waals surface area contributed by atoms with E-state index in [1.54, 1.807) is 11.3 Å². The molecule has 6 heteroatoms. The third kappa shape index (κ3) is 5.51. The Balaban J connectivity index is 1.35. The van der Waals surface area contributed by atoms with E-state index in [1.165, 1.54) is 6.42 Å². The molecule has 0 bridgehead atoms. The van der Waals surface area contributed by atoms with Crippen molar-refractivity contribution in [3.63, 3.8) is 0 Å². The number of para-hydroxylation sites is 1. The molecule has 5 nitrogen and oxygen atoms in total. The van der Waals surface area contributed by atoms with Crippen molar-refractivity contribution in [1.82, 2.24) is 10.3 Å². The SMILES string of the molecule is C[C@H]1[C@@H](NC(=O)COC(=O)CCCc2nc3ccccc3s2)CCC[C@@H]1C. The van der Waals surface area contributed by atoms with Gasteiger partial charge in [0.1, 0.15) is 0 Å². The molecule has 3 atom stereocenters. The molecule has 1 aromatic heterocycles. The van der Waals surface area contributed by atoms with E-state index >= 15 is 0 Å². The number of rotatable bonds is 7. The zero-order chi connectivity index (χ0) is 19.2. The standard InChI is InChI=1S/C21H28N2O3S/c1-14-7-5-9-16(15(14)2)22-19(24)13-26-21(25)12-6-11-20-23-17-8-3-4-10-18(17)27-20/h3-4,8,10,14-16H,5-7,9,11-13H2,1-2H3,(H,22,24)/t14-,15+,16-/m0/s1. The maximum atomic E-state index is 12.1. The maximum Gasteiger partial charge on any atom is 0.306 e. The molecule has 1 N–H and O–H groups in total. The fraction of sp³-hybridized carbons (Fsp3) is 0.571. The number of nitrogens with zero attached hydrogens (tertiary/aromatic N) is 1. The largest absolute Gasteiger partial charge is 0.456 e. The van der Waals surface area contributed by atoms with Gasteiger partial charge in [0, 0.05) is 12.5 Å². The molecule has 1 amide bonds. The van der Waals surface area contributed by atoms with Gasteiger partial charge >= 0.3 is 5.97 Å². The van der Waals surface area contributed by atoms with E-state index < -0.39 is 0 Å². The highest BCUT2D eigenvalue weighted by atomic mass is 32.1. The molecule has 3 rings (SSSR count). The monoisotopic (exact) mass is 388 g/mol. The van der Waals surface area contributed by atoms with Crippen LogP contribution < -0.4 is 5.32 Å². The van der Waals surface area contributed by atoms with Crippen LogP contribution in [0.15, 0.2) is 24.3 Å². The number of ether oxygens (including phenoxy) is 1. The molecule has 2 aromatic rings. The third-order valence-corrected chi connectivity index (χ3v) is 6.62. The van der Waals surface area contributed by atoms with Gasteiger partial charge in [-0.1, -0.05) is 38.8 Å². The van der Waals surface area contributed by atoms with Crippen LogP contribution in [0.25, 0.3) is 10.2 Å². The molecule has 146 valence electrons. The Bertz CT molecular complexity index is 756. The summed E-state index contributed by atoms with van der Waals surface area (Å²) in [6.45, 7) is 4.23. The number of thiazole rings is 1. The Hall–Kier alpha value is -1.95. The third-order valence-electron chi connectivity index (χ3n) is 5.53. The summed E-state index contributed by atoms with van der Waals surface area (Å²) < 4.78 is 6.30. The van der Waals surface area contributed by atoms with Crippen molar-refractivity contribution in [1.29, 1.82) is 0 Å². The summed E-state index contributed by atoms with van der Waals surface area (Å²) in [5, 5.41) is 4.06. The van der Waals surface area contributed by atoms with E-state index in [0.29, 0.717) is 24.7 Å². The Labute approximate surface area is 164 Å². The zero-order valence-corrected chi connectivity index (χ0v) is 16.9. The van der Waals surface area contributed by atoms with Gasteiger partial charge in [-0.25, -0.2) is 4.98 Å². The summed E-state index contributed by atoms with van der Waals surface area (Å²) in [6.07, 6.45) is 5.10. The predicted molar refractivity (Wildman–Crippen MR) is 108 cm³/mol. The smallest absolute Gasteiger partial charge is 0.306 e. The van der Waals surface area contributed by atoms with Crippen molar-refractivity contribution >= 4 is 33.4 Å². The number of carbonyl (C=O) groups is 2. The van der Waals surface area contributed by atoms with Gasteiger partial charge in [0.2, 0.25) is 0 Å². The van der Waals surface area contributed by atoms with Crippen LogP contribution >= 0.6 is 11.3 Å². The maximum absolute atomic E-state index is 12.1. The first-order valence-electron chi connectivity index (χ1n) is 9.82. The molecular weight excluding hydrogens is 360 g/mol. The van der Waals surface area contributed by atoms with Crippen molar-refractivity contribution in [2.24, 2.45) is 11.8 Å².